The molecule has 0 saturated carbocycles. The predicted molar refractivity (Wildman–Crippen MR) is 97.2 cm³/mol. The fourth-order valence-corrected chi connectivity index (χ4v) is 4.35. The van der Waals surface area contributed by atoms with Gasteiger partial charge in [0.05, 0.1) is 18.7 Å². The number of nitrogens with one attached hydrogen (secondary N) is 2. The molecule has 2 aromatic rings. The summed E-state index contributed by atoms with van der Waals surface area (Å²) < 4.78 is 6.18. The van der Waals surface area contributed by atoms with Gasteiger partial charge in [0.1, 0.15) is 6.54 Å². The minimum absolute atomic E-state index is 0. The molecule has 5 heteroatoms. The number of carbonyl (C=O) groups is 1. The topological polar surface area (TPSA) is 42.8 Å². The summed E-state index contributed by atoms with van der Waals surface area (Å²) in [6, 6.07) is 20.1. The van der Waals surface area contributed by atoms with E-state index in [1.807, 2.05) is 48.5 Å². The van der Waals surface area contributed by atoms with E-state index in [0.29, 0.717) is 5.92 Å². The number of halogens is 1. The summed E-state index contributed by atoms with van der Waals surface area (Å²) in [5.41, 5.74) is 1.55. The van der Waals surface area contributed by atoms with Gasteiger partial charge < -0.3 is 27.0 Å². The van der Waals surface area contributed by atoms with Gasteiger partial charge in [0, 0.05) is 24.9 Å². The summed E-state index contributed by atoms with van der Waals surface area (Å²) in [6.07, 6.45) is 3.41. The van der Waals surface area contributed by atoms with Crippen LogP contribution in [0.3, 0.4) is 0 Å². The van der Waals surface area contributed by atoms with Crippen LogP contribution in [0.15, 0.2) is 60.7 Å². The first kappa shape index (κ1) is 18.9. The molecule has 1 unspecified atom stereocenters. The second kappa shape index (κ2) is 8.23. The number of ether oxygens (including phenoxy) is 1. The molecular formula is C21H25BrN2O2. The van der Waals surface area contributed by atoms with E-state index in [-0.39, 0.29) is 29.5 Å². The average molecular weight is 417 g/mol. The van der Waals surface area contributed by atoms with Crippen LogP contribution >= 0.6 is 0 Å². The molecule has 3 fully saturated rings. The summed E-state index contributed by atoms with van der Waals surface area (Å²) >= 11 is 0. The van der Waals surface area contributed by atoms with Gasteiger partial charge >= 0.3 is 5.97 Å². The van der Waals surface area contributed by atoms with Crippen LogP contribution in [-0.4, -0.2) is 25.6 Å². The van der Waals surface area contributed by atoms with E-state index in [0.717, 1.165) is 30.8 Å². The zero-order valence-electron chi connectivity index (χ0n) is 14.8. The van der Waals surface area contributed by atoms with Crippen molar-refractivity contribution in [1.29, 1.82) is 0 Å². The number of rotatable bonds is 5. The first-order valence-electron chi connectivity index (χ1n) is 9.18. The van der Waals surface area contributed by atoms with Crippen molar-refractivity contribution in [1.82, 2.24) is 0 Å². The highest BCUT2D eigenvalue weighted by Gasteiger charge is 2.54. The van der Waals surface area contributed by atoms with Gasteiger partial charge in [0.25, 0.3) is 5.72 Å². The highest BCUT2D eigenvalue weighted by molar-refractivity contribution is 5.75. The Kier molecular flexibility index (Phi) is 5.99. The van der Waals surface area contributed by atoms with Gasteiger partial charge in [-0.05, 0) is 30.2 Å². The third-order valence-electron chi connectivity index (χ3n) is 5.59. The fraction of sp³-hybridized carbons (Fsp3) is 0.381. The zero-order valence-corrected chi connectivity index (χ0v) is 16.4. The summed E-state index contributed by atoms with van der Waals surface area (Å²) in [5, 5.41) is 3.16. The van der Waals surface area contributed by atoms with Crippen molar-refractivity contribution in [3.63, 3.8) is 0 Å². The zero-order chi connectivity index (χ0) is 17.1. The van der Waals surface area contributed by atoms with Crippen molar-refractivity contribution in [2.24, 2.45) is 5.92 Å². The standard InChI is InChI=1S/C21H24N2O2.BrH/c24-20(16-22-19-9-5-2-6-10-19)25-21(18-7-3-1-4-8-18)15-17-11-13-23(21)14-12-17;/h1-10,17,22H,11-16H2;1H. The van der Waals surface area contributed by atoms with Crippen molar-refractivity contribution in [3.8, 4) is 0 Å². The van der Waals surface area contributed by atoms with Crippen LogP contribution in [0, 0.1) is 5.92 Å². The van der Waals surface area contributed by atoms with Crippen molar-refractivity contribution in [2.75, 3.05) is 25.0 Å². The molecule has 138 valence electrons. The maximum absolute atomic E-state index is 12.6. The van der Waals surface area contributed by atoms with Gasteiger partial charge in [0.2, 0.25) is 0 Å². The van der Waals surface area contributed by atoms with E-state index in [1.165, 1.54) is 17.7 Å². The van der Waals surface area contributed by atoms with Crippen LogP contribution in [0.4, 0.5) is 5.69 Å². The quantitative estimate of drug-likeness (QED) is 0.627. The molecule has 0 aromatic heterocycles. The van der Waals surface area contributed by atoms with E-state index in [2.05, 4.69) is 17.4 Å². The Labute approximate surface area is 165 Å². The summed E-state index contributed by atoms with van der Waals surface area (Å²) in [6.45, 7) is 2.36. The minimum Gasteiger partial charge on any atom is -1.00 e. The van der Waals surface area contributed by atoms with Crippen LogP contribution in [0.1, 0.15) is 24.8 Å². The van der Waals surface area contributed by atoms with Crippen molar-refractivity contribution in [2.45, 2.75) is 25.0 Å². The molecule has 5 rings (SSSR count). The van der Waals surface area contributed by atoms with Crippen LogP contribution in [0.2, 0.25) is 0 Å². The number of hydrogen-bond acceptors (Lipinski definition) is 3. The van der Waals surface area contributed by atoms with E-state index in [9.17, 15) is 4.79 Å². The Hall–Kier alpha value is -1.85. The lowest BCUT2D eigenvalue weighted by Crippen LogP contribution is -3.22. The molecule has 1 atom stereocenters. The molecule has 3 heterocycles. The molecule has 2 bridgehead atoms. The second-order valence-corrected chi connectivity index (χ2v) is 7.14. The summed E-state index contributed by atoms with van der Waals surface area (Å²) in [7, 11) is 0. The molecule has 2 N–H and O–H groups in total. The van der Waals surface area contributed by atoms with E-state index in [1.54, 1.807) is 0 Å². The lowest BCUT2D eigenvalue weighted by Gasteiger charge is -2.49. The Morgan fingerprint density at radius 3 is 2.23 bits per heavy atom. The SMILES string of the molecule is O=C(CNc1ccccc1)OC1(c2ccccc2)CC2CC[NH+]1CC2.[Br-]. The Morgan fingerprint density at radius 1 is 1.04 bits per heavy atom. The van der Waals surface area contributed by atoms with Crippen LogP contribution < -0.4 is 27.2 Å². The molecule has 26 heavy (non-hydrogen) atoms. The number of piperidine rings is 3. The molecule has 3 aliphatic rings. The number of benzene rings is 2. The number of fused-ring (bicyclic) bond motifs is 3. The maximum atomic E-state index is 12.6. The largest absolute Gasteiger partial charge is 1.00 e. The summed E-state index contributed by atoms with van der Waals surface area (Å²) in [5.74, 6) is 0.473. The van der Waals surface area contributed by atoms with Gasteiger partial charge in [-0.25, -0.2) is 4.79 Å². The minimum atomic E-state index is -0.516. The molecular weight excluding hydrogens is 392 g/mol. The van der Waals surface area contributed by atoms with Gasteiger partial charge in [-0.1, -0.05) is 36.4 Å². The van der Waals surface area contributed by atoms with Crippen molar-refractivity contribution >= 4 is 11.7 Å². The number of hydrogen-bond donors (Lipinski definition) is 2. The van der Waals surface area contributed by atoms with Crippen molar-refractivity contribution in [3.05, 3.63) is 66.2 Å². The monoisotopic (exact) mass is 416 g/mol. The molecule has 4 nitrogen and oxygen atoms in total. The molecule has 0 spiro atoms. The van der Waals surface area contributed by atoms with Crippen LogP contribution in [-0.2, 0) is 15.3 Å². The molecule has 0 amide bonds. The van der Waals surface area contributed by atoms with Gasteiger partial charge in [-0.3, -0.25) is 4.90 Å². The lowest BCUT2D eigenvalue weighted by molar-refractivity contribution is -1.00. The third kappa shape index (κ3) is 3.79. The van der Waals surface area contributed by atoms with Crippen molar-refractivity contribution < 1.29 is 31.4 Å². The number of quaternary nitrogens is 1. The first-order valence-corrected chi connectivity index (χ1v) is 9.18. The summed E-state index contributed by atoms with van der Waals surface area (Å²) in [4.78, 5) is 14.0. The van der Waals surface area contributed by atoms with E-state index >= 15 is 0 Å². The highest BCUT2D eigenvalue weighted by Crippen LogP contribution is 2.35. The second-order valence-electron chi connectivity index (χ2n) is 7.14. The molecule has 2 aromatic carbocycles. The molecule has 3 saturated heterocycles. The smallest absolute Gasteiger partial charge is 0.330 e. The Morgan fingerprint density at radius 2 is 1.65 bits per heavy atom. The van der Waals surface area contributed by atoms with Gasteiger partial charge in [0.15, 0.2) is 0 Å². The van der Waals surface area contributed by atoms with Gasteiger partial charge in [-0.15, -0.1) is 0 Å². The molecule has 3 aliphatic heterocycles. The van der Waals surface area contributed by atoms with E-state index < -0.39 is 5.72 Å². The normalized spacial score (nSPS) is 26.6. The third-order valence-corrected chi connectivity index (χ3v) is 5.59. The number of anilines is 1. The molecule has 0 radical (unpaired) electrons. The maximum Gasteiger partial charge on any atom is 0.330 e. The van der Waals surface area contributed by atoms with Crippen LogP contribution in [0.5, 0.6) is 0 Å². The van der Waals surface area contributed by atoms with E-state index in [4.69, 9.17) is 4.74 Å². The molecule has 0 aliphatic carbocycles. The van der Waals surface area contributed by atoms with Gasteiger partial charge in [-0.2, -0.15) is 0 Å². The predicted octanol–water partition coefficient (Wildman–Crippen LogP) is -0.803. The number of para-hydroxylation sites is 1. The highest BCUT2D eigenvalue weighted by atomic mass is 79.9. The Bertz CT molecular complexity index is 717. The fourth-order valence-electron chi connectivity index (χ4n) is 4.35. The first-order chi connectivity index (χ1) is 12.3. The lowest BCUT2D eigenvalue weighted by atomic mass is 9.78. The van der Waals surface area contributed by atoms with Crippen LogP contribution in [0.25, 0.3) is 0 Å². The number of carbonyl (C=O) groups excluding carboxylic acids is 1. The number of esters is 1. The average Bonchev–Trinajstić information content (AvgIpc) is 2.69. The Balaban J connectivity index is 0.00000196.